The number of nitrogens with zero attached hydrogens (tertiary/aromatic N) is 1. The van der Waals surface area contributed by atoms with Crippen molar-refractivity contribution in [3.63, 3.8) is 0 Å². The highest BCUT2D eigenvalue weighted by atomic mass is 16.5. The number of rotatable bonds is 39. The second kappa shape index (κ2) is 39.9. The van der Waals surface area contributed by atoms with Crippen LogP contribution in [0.5, 0.6) is 0 Å². The normalized spacial score (nSPS) is 11.7. The maximum Gasteiger partial charge on any atom is 0.0478 e. The topological polar surface area (TPSA) is 30.9 Å². The van der Waals surface area contributed by atoms with E-state index in [1.165, 1.54) is 154 Å². The molecule has 260 valence electrons. The lowest BCUT2D eigenvalue weighted by atomic mass is 10.1. The predicted molar refractivity (Wildman–Crippen MR) is 191 cm³/mol. The van der Waals surface area contributed by atoms with Crippen LogP contribution in [0.4, 0.5) is 0 Å². The molecular formula is C39H81NO3. The Morgan fingerprint density at radius 1 is 0.256 bits per heavy atom. The van der Waals surface area contributed by atoms with Gasteiger partial charge in [-0.05, 0) is 38.5 Å². The lowest BCUT2D eigenvalue weighted by Gasteiger charge is -2.22. The van der Waals surface area contributed by atoms with Gasteiger partial charge in [-0.3, -0.25) is 0 Å². The summed E-state index contributed by atoms with van der Waals surface area (Å²) in [6, 6.07) is 0. The monoisotopic (exact) mass is 612 g/mol. The molecule has 0 N–H and O–H groups in total. The Balaban J connectivity index is 3.90. The maximum absolute atomic E-state index is 5.99. The third-order valence-electron chi connectivity index (χ3n) is 8.72. The zero-order valence-electron chi connectivity index (χ0n) is 30.1. The zero-order chi connectivity index (χ0) is 31.2. The molecule has 0 saturated carbocycles. The maximum atomic E-state index is 5.99. The second-order valence-electron chi connectivity index (χ2n) is 13.2. The molecule has 0 rings (SSSR count). The Bertz CT molecular complexity index is 409. The van der Waals surface area contributed by atoms with Crippen LogP contribution in [0.25, 0.3) is 0 Å². The Kier molecular flexibility index (Phi) is 39.7. The Morgan fingerprint density at radius 2 is 0.465 bits per heavy atom. The van der Waals surface area contributed by atoms with Crippen molar-refractivity contribution in [2.45, 2.75) is 194 Å². The van der Waals surface area contributed by atoms with Crippen molar-refractivity contribution >= 4 is 0 Å². The molecule has 0 aliphatic rings. The van der Waals surface area contributed by atoms with Crippen molar-refractivity contribution in [1.82, 2.24) is 4.90 Å². The van der Waals surface area contributed by atoms with E-state index in [9.17, 15) is 0 Å². The van der Waals surface area contributed by atoms with Gasteiger partial charge < -0.3 is 19.1 Å². The van der Waals surface area contributed by atoms with Gasteiger partial charge in [-0.15, -0.1) is 0 Å². The van der Waals surface area contributed by atoms with Crippen LogP contribution in [0, 0.1) is 0 Å². The van der Waals surface area contributed by atoms with Crippen LogP contribution in [-0.4, -0.2) is 64.2 Å². The van der Waals surface area contributed by atoms with E-state index in [0.29, 0.717) is 0 Å². The summed E-state index contributed by atoms with van der Waals surface area (Å²) in [5, 5.41) is 0. The molecule has 0 bridgehead atoms. The van der Waals surface area contributed by atoms with Crippen molar-refractivity contribution in [2.75, 3.05) is 59.3 Å². The van der Waals surface area contributed by atoms with E-state index in [0.717, 1.165) is 78.5 Å². The van der Waals surface area contributed by atoms with Crippen LogP contribution in [0.2, 0.25) is 0 Å². The van der Waals surface area contributed by atoms with Crippen LogP contribution in [0.15, 0.2) is 0 Å². The van der Waals surface area contributed by atoms with Crippen LogP contribution >= 0.6 is 0 Å². The minimum Gasteiger partial charge on any atom is -0.381 e. The van der Waals surface area contributed by atoms with E-state index in [4.69, 9.17) is 14.2 Å². The minimum absolute atomic E-state index is 0.900. The fourth-order valence-corrected chi connectivity index (χ4v) is 5.83. The quantitative estimate of drug-likeness (QED) is 0.0647. The molecule has 43 heavy (non-hydrogen) atoms. The first-order valence-corrected chi connectivity index (χ1v) is 19.8. The molecule has 0 radical (unpaired) electrons. The van der Waals surface area contributed by atoms with Gasteiger partial charge in [0.1, 0.15) is 0 Å². The van der Waals surface area contributed by atoms with Gasteiger partial charge in [0.15, 0.2) is 0 Å². The highest BCUT2D eigenvalue weighted by Crippen LogP contribution is 2.11. The van der Waals surface area contributed by atoms with E-state index in [1.54, 1.807) is 0 Å². The van der Waals surface area contributed by atoms with Gasteiger partial charge in [-0.25, -0.2) is 0 Å². The molecule has 0 saturated heterocycles. The Hall–Kier alpha value is -0.160. The average molecular weight is 612 g/mol. The van der Waals surface area contributed by atoms with Gasteiger partial charge in [0.05, 0.1) is 0 Å². The number of unbranched alkanes of at least 4 members (excludes halogenated alkanes) is 21. The molecule has 0 aromatic carbocycles. The summed E-state index contributed by atoms with van der Waals surface area (Å²) in [5.74, 6) is 0. The molecule has 0 amide bonds. The fraction of sp³-hybridized carbons (Fsp3) is 1.00. The molecule has 0 atom stereocenters. The van der Waals surface area contributed by atoms with Crippen molar-refractivity contribution in [3.8, 4) is 0 Å². The Labute approximate surface area is 272 Å². The standard InChI is InChI=1S/C39H81NO3/c1-4-7-10-13-16-19-22-25-34-41-37-28-31-40(32-29-38-42-35-26-23-20-17-14-11-8-5-2)33-30-39-43-36-27-24-21-18-15-12-9-6-3/h4-39H2,1-3H3. The molecule has 0 fully saturated rings. The summed E-state index contributed by atoms with van der Waals surface area (Å²) >= 11 is 0. The number of hydrogen-bond donors (Lipinski definition) is 0. The summed E-state index contributed by atoms with van der Waals surface area (Å²) in [7, 11) is 0. The second-order valence-corrected chi connectivity index (χ2v) is 13.2. The minimum atomic E-state index is 0.900. The number of ether oxygens (including phenoxy) is 3. The Morgan fingerprint density at radius 3 is 0.721 bits per heavy atom. The smallest absolute Gasteiger partial charge is 0.0478 e. The summed E-state index contributed by atoms with van der Waals surface area (Å²) in [5.41, 5.74) is 0. The first kappa shape index (κ1) is 42.8. The van der Waals surface area contributed by atoms with Gasteiger partial charge >= 0.3 is 0 Å². The highest BCUT2D eigenvalue weighted by Gasteiger charge is 2.06. The van der Waals surface area contributed by atoms with Crippen LogP contribution in [-0.2, 0) is 14.2 Å². The molecule has 0 aliphatic carbocycles. The molecule has 0 aromatic rings. The molecule has 0 unspecified atom stereocenters. The molecule has 4 nitrogen and oxygen atoms in total. The van der Waals surface area contributed by atoms with Crippen molar-refractivity contribution in [2.24, 2.45) is 0 Å². The third-order valence-corrected chi connectivity index (χ3v) is 8.72. The van der Waals surface area contributed by atoms with Crippen LogP contribution in [0.1, 0.15) is 194 Å². The molecule has 0 spiro atoms. The lowest BCUT2D eigenvalue weighted by Crippen LogP contribution is -2.29. The molecule has 0 heterocycles. The van der Waals surface area contributed by atoms with Gasteiger partial charge in [-0.1, -0.05) is 156 Å². The summed E-state index contributed by atoms with van der Waals surface area (Å²) in [6.45, 7) is 15.8. The van der Waals surface area contributed by atoms with Gasteiger partial charge in [0.2, 0.25) is 0 Å². The largest absolute Gasteiger partial charge is 0.381 e. The van der Waals surface area contributed by atoms with E-state index in [1.807, 2.05) is 0 Å². The van der Waals surface area contributed by atoms with E-state index in [-0.39, 0.29) is 0 Å². The predicted octanol–water partition coefficient (Wildman–Crippen LogP) is 11.9. The molecule has 0 aliphatic heterocycles. The first-order valence-electron chi connectivity index (χ1n) is 19.8. The van der Waals surface area contributed by atoms with Crippen molar-refractivity contribution in [1.29, 1.82) is 0 Å². The van der Waals surface area contributed by atoms with E-state index in [2.05, 4.69) is 25.7 Å². The fourth-order valence-electron chi connectivity index (χ4n) is 5.83. The van der Waals surface area contributed by atoms with E-state index >= 15 is 0 Å². The van der Waals surface area contributed by atoms with Crippen LogP contribution in [0.3, 0.4) is 0 Å². The summed E-state index contributed by atoms with van der Waals surface area (Å²) in [6.07, 6.45) is 36.1. The summed E-state index contributed by atoms with van der Waals surface area (Å²) < 4.78 is 18.0. The SMILES string of the molecule is CCCCCCCCCCOCCCN(CCCOCCCCCCCCCC)CCCOCCCCCCCCCC. The van der Waals surface area contributed by atoms with Gasteiger partial charge in [-0.2, -0.15) is 0 Å². The summed E-state index contributed by atoms with van der Waals surface area (Å²) in [4.78, 5) is 2.62. The zero-order valence-corrected chi connectivity index (χ0v) is 30.1. The van der Waals surface area contributed by atoms with Crippen LogP contribution < -0.4 is 0 Å². The van der Waals surface area contributed by atoms with Gasteiger partial charge in [0.25, 0.3) is 0 Å². The third kappa shape index (κ3) is 37.9. The van der Waals surface area contributed by atoms with E-state index < -0.39 is 0 Å². The number of hydrogen-bond acceptors (Lipinski definition) is 4. The van der Waals surface area contributed by atoms with Gasteiger partial charge in [0, 0.05) is 59.3 Å². The highest BCUT2D eigenvalue weighted by molar-refractivity contribution is 4.59. The van der Waals surface area contributed by atoms with Crippen molar-refractivity contribution < 1.29 is 14.2 Å². The van der Waals surface area contributed by atoms with Crippen molar-refractivity contribution in [3.05, 3.63) is 0 Å². The molecular weight excluding hydrogens is 530 g/mol. The first-order chi connectivity index (χ1) is 21.3. The average Bonchev–Trinajstić information content (AvgIpc) is 3.02. The molecule has 4 heteroatoms. The molecule has 0 aromatic heterocycles. The lowest BCUT2D eigenvalue weighted by molar-refractivity contribution is 0.0943.